The van der Waals surface area contributed by atoms with Gasteiger partial charge >= 0.3 is 0 Å². The third-order valence-electron chi connectivity index (χ3n) is 4.69. The molecule has 2 aliphatic rings. The number of carbonyl (C=O) groups is 1. The zero-order valence-electron chi connectivity index (χ0n) is 14.6. The van der Waals surface area contributed by atoms with Gasteiger partial charge in [0.25, 0.3) is 5.69 Å². The number of nitrogens with one attached hydrogen (secondary N) is 1. The molecule has 0 aromatic heterocycles. The molecule has 2 aliphatic heterocycles. The van der Waals surface area contributed by atoms with Gasteiger partial charge in [-0.15, -0.1) is 0 Å². The lowest BCUT2D eigenvalue weighted by molar-refractivity contribution is -0.385. The molecule has 1 amide bonds. The highest BCUT2D eigenvalue weighted by Gasteiger charge is 2.35. The zero-order valence-corrected chi connectivity index (χ0v) is 14.6. The third-order valence-corrected chi connectivity index (χ3v) is 4.69. The first-order valence-electron chi connectivity index (χ1n) is 8.15. The van der Waals surface area contributed by atoms with Gasteiger partial charge in [0, 0.05) is 29.7 Å². The maximum Gasteiger partial charge on any atom is 0.277 e. The number of rotatable bonds is 4. The van der Waals surface area contributed by atoms with Gasteiger partial charge in [-0.25, -0.2) is 0 Å². The molecule has 140 valence electrons. The number of amides is 1. The quantitative estimate of drug-likeness (QED) is 0.649. The molecule has 0 aliphatic carbocycles. The van der Waals surface area contributed by atoms with Crippen LogP contribution in [0.1, 0.15) is 23.5 Å². The van der Waals surface area contributed by atoms with Crippen LogP contribution < -0.4 is 24.3 Å². The smallest absolute Gasteiger partial charge is 0.277 e. The Labute approximate surface area is 153 Å². The molecule has 0 fully saturated rings. The first-order chi connectivity index (χ1) is 13.0. The number of nitro benzene ring substituents is 1. The van der Waals surface area contributed by atoms with E-state index in [4.69, 9.17) is 18.9 Å². The lowest BCUT2D eigenvalue weighted by Crippen LogP contribution is -2.24. The molecule has 0 radical (unpaired) electrons. The number of nitro groups is 1. The van der Waals surface area contributed by atoms with Crippen LogP contribution in [0.5, 0.6) is 23.0 Å². The molecule has 0 spiro atoms. The Bertz CT molecular complexity index is 957. The highest BCUT2D eigenvalue weighted by molar-refractivity contribution is 5.96. The van der Waals surface area contributed by atoms with Crippen molar-refractivity contribution >= 4 is 17.3 Å². The molecule has 9 nitrogen and oxygen atoms in total. The van der Waals surface area contributed by atoms with Crippen LogP contribution in [0.25, 0.3) is 0 Å². The van der Waals surface area contributed by atoms with Gasteiger partial charge in [0.1, 0.15) is 0 Å². The second-order valence-electron chi connectivity index (χ2n) is 6.12. The topological polar surface area (TPSA) is 109 Å². The monoisotopic (exact) mass is 372 g/mol. The number of ether oxygens (including phenoxy) is 4. The standard InChI is InChI=1S/C18H16N2O7/c1-24-14-3-10-9(5-18(21)19-12(10)6-15(14)25-2)11-4-16-17(27-8-26-16)7-13(11)20(22)23/h3-4,6-7,9H,5,8H2,1-2H3,(H,19,21)/t9-/m0/s1. The molecule has 27 heavy (non-hydrogen) atoms. The molecule has 0 bridgehead atoms. The maximum absolute atomic E-state index is 12.3. The summed E-state index contributed by atoms with van der Waals surface area (Å²) in [5.74, 6) is 0.884. The van der Waals surface area contributed by atoms with E-state index in [1.54, 1.807) is 18.2 Å². The number of benzene rings is 2. The van der Waals surface area contributed by atoms with Crippen LogP contribution in [0.2, 0.25) is 0 Å². The van der Waals surface area contributed by atoms with Crippen molar-refractivity contribution in [1.82, 2.24) is 0 Å². The summed E-state index contributed by atoms with van der Waals surface area (Å²) in [7, 11) is 3.00. The van der Waals surface area contributed by atoms with Gasteiger partial charge in [-0.05, 0) is 17.7 Å². The number of anilines is 1. The van der Waals surface area contributed by atoms with Crippen molar-refractivity contribution in [3.63, 3.8) is 0 Å². The SMILES string of the molecule is COc1cc2c(cc1OC)[C@@H](c1cc3c(cc1[N+](=O)[O-])OCO3)CC(=O)N2. The second kappa shape index (κ2) is 6.35. The first-order valence-corrected chi connectivity index (χ1v) is 8.15. The minimum atomic E-state index is -0.538. The number of methoxy groups -OCH3 is 2. The third kappa shape index (κ3) is 2.77. The summed E-state index contributed by atoms with van der Waals surface area (Å²) in [6, 6.07) is 6.29. The van der Waals surface area contributed by atoms with E-state index in [0.29, 0.717) is 39.8 Å². The highest BCUT2D eigenvalue weighted by atomic mass is 16.7. The minimum absolute atomic E-state index is 0.00268. The molecule has 0 unspecified atom stereocenters. The second-order valence-corrected chi connectivity index (χ2v) is 6.12. The highest BCUT2D eigenvalue weighted by Crippen LogP contribution is 2.48. The van der Waals surface area contributed by atoms with Crippen LogP contribution in [0.3, 0.4) is 0 Å². The predicted molar refractivity (Wildman–Crippen MR) is 93.9 cm³/mol. The fourth-order valence-electron chi connectivity index (χ4n) is 3.45. The van der Waals surface area contributed by atoms with E-state index in [9.17, 15) is 14.9 Å². The van der Waals surface area contributed by atoms with Crippen molar-refractivity contribution in [2.45, 2.75) is 12.3 Å². The normalized spacial score (nSPS) is 17.1. The summed E-state index contributed by atoms with van der Waals surface area (Å²) in [5, 5.41) is 14.4. The van der Waals surface area contributed by atoms with E-state index >= 15 is 0 Å². The van der Waals surface area contributed by atoms with Crippen LogP contribution in [-0.2, 0) is 4.79 Å². The Morgan fingerprint density at radius 1 is 1.07 bits per heavy atom. The van der Waals surface area contributed by atoms with E-state index in [-0.39, 0.29) is 24.8 Å². The van der Waals surface area contributed by atoms with Crippen LogP contribution in [-0.4, -0.2) is 31.8 Å². The number of carbonyl (C=O) groups excluding carboxylic acids is 1. The summed E-state index contributed by atoms with van der Waals surface area (Å²) in [6.07, 6.45) is 0.0585. The molecule has 1 atom stereocenters. The van der Waals surface area contributed by atoms with Gasteiger partial charge in [-0.1, -0.05) is 0 Å². The predicted octanol–water partition coefficient (Wildman–Crippen LogP) is 2.81. The lowest BCUT2D eigenvalue weighted by atomic mass is 9.83. The van der Waals surface area contributed by atoms with Crippen molar-refractivity contribution < 1.29 is 28.7 Å². The van der Waals surface area contributed by atoms with Gasteiger partial charge in [0.2, 0.25) is 12.7 Å². The molecular formula is C18H16N2O7. The summed E-state index contributed by atoms with van der Waals surface area (Å²) < 4.78 is 21.2. The van der Waals surface area contributed by atoms with E-state index in [0.717, 1.165) is 0 Å². The van der Waals surface area contributed by atoms with Gasteiger partial charge in [-0.2, -0.15) is 0 Å². The van der Waals surface area contributed by atoms with Crippen LogP contribution in [0.15, 0.2) is 24.3 Å². The number of hydrogen-bond acceptors (Lipinski definition) is 7. The van der Waals surface area contributed by atoms with Gasteiger partial charge in [-0.3, -0.25) is 14.9 Å². The molecule has 1 N–H and O–H groups in total. The molecule has 9 heteroatoms. The van der Waals surface area contributed by atoms with Crippen molar-refractivity contribution in [2.24, 2.45) is 0 Å². The minimum Gasteiger partial charge on any atom is -0.493 e. The summed E-state index contributed by atoms with van der Waals surface area (Å²) in [6.45, 7) is 0.00268. The Balaban J connectivity index is 1.91. The van der Waals surface area contributed by atoms with Crippen LogP contribution in [0, 0.1) is 10.1 Å². The van der Waals surface area contributed by atoms with E-state index in [2.05, 4.69) is 5.32 Å². The number of fused-ring (bicyclic) bond motifs is 2. The van der Waals surface area contributed by atoms with Crippen molar-refractivity contribution in [1.29, 1.82) is 0 Å². The molecule has 4 rings (SSSR count). The fraction of sp³-hybridized carbons (Fsp3) is 0.278. The zero-order chi connectivity index (χ0) is 19.1. The summed E-state index contributed by atoms with van der Waals surface area (Å²) >= 11 is 0. The van der Waals surface area contributed by atoms with Gasteiger partial charge in [0.15, 0.2) is 23.0 Å². The Hall–Kier alpha value is -3.49. The molecular weight excluding hydrogens is 356 g/mol. The average Bonchev–Trinajstić information content (AvgIpc) is 3.12. The van der Waals surface area contributed by atoms with Crippen LogP contribution >= 0.6 is 0 Å². The summed E-state index contributed by atoms with van der Waals surface area (Å²) in [5.41, 5.74) is 1.49. The maximum atomic E-state index is 12.3. The first kappa shape index (κ1) is 17.0. The summed E-state index contributed by atoms with van der Waals surface area (Å²) in [4.78, 5) is 23.4. The number of nitrogens with zero attached hydrogens (tertiary/aromatic N) is 1. The van der Waals surface area contributed by atoms with Gasteiger partial charge in [0.05, 0.1) is 25.2 Å². The van der Waals surface area contributed by atoms with Crippen molar-refractivity contribution in [2.75, 3.05) is 26.3 Å². The molecule has 0 saturated heterocycles. The Kier molecular flexibility index (Phi) is 3.98. The van der Waals surface area contributed by atoms with E-state index in [1.165, 1.54) is 20.3 Å². The molecule has 2 heterocycles. The number of hydrogen-bond donors (Lipinski definition) is 1. The Morgan fingerprint density at radius 3 is 2.41 bits per heavy atom. The van der Waals surface area contributed by atoms with E-state index in [1.807, 2.05) is 0 Å². The van der Waals surface area contributed by atoms with Crippen LogP contribution in [0.4, 0.5) is 11.4 Å². The van der Waals surface area contributed by atoms with E-state index < -0.39 is 10.8 Å². The lowest BCUT2D eigenvalue weighted by Gasteiger charge is -2.27. The fourth-order valence-corrected chi connectivity index (χ4v) is 3.45. The molecule has 2 aromatic carbocycles. The molecule has 0 saturated carbocycles. The van der Waals surface area contributed by atoms with Crippen molar-refractivity contribution in [3.05, 3.63) is 45.5 Å². The average molecular weight is 372 g/mol. The molecule has 2 aromatic rings. The largest absolute Gasteiger partial charge is 0.493 e. The van der Waals surface area contributed by atoms with Gasteiger partial charge < -0.3 is 24.3 Å². The van der Waals surface area contributed by atoms with Crippen molar-refractivity contribution in [3.8, 4) is 23.0 Å². The Morgan fingerprint density at radius 2 is 1.74 bits per heavy atom.